The minimum Gasteiger partial charge on any atom is -0.325 e. The molecule has 4 rings (SSSR count). The number of sulfonamides is 2. The summed E-state index contributed by atoms with van der Waals surface area (Å²) in [5, 5.41) is 7.73. The SMILES string of the molecule is NS(=O)(=O)c1ccc(NC(=O)[C@H]2Cc3ccccc3CN2S(=O)(=O)c2ccc(F)cc2)cc1. The van der Waals surface area contributed by atoms with Gasteiger partial charge in [0.05, 0.1) is 9.79 Å². The van der Waals surface area contributed by atoms with E-state index in [1.807, 2.05) is 12.1 Å². The van der Waals surface area contributed by atoms with Gasteiger partial charge in [-0.05, 0) is 66.1 Å². The Bertz CT molecular complexity index is 1410. The highest BCUT2D eigenvalue weighted by molar-refractivity contribution is 7.89. The van der Waals surface area contributed by atoms with E-state index in [2.05, 4.69) is 5.32 Å². The lowest BCUT2D eigenvalue weighted by Gasteiger charge is -2.35. The van der Waals surface area contributed by atoms with Crippen LogP contribution < -0.4 is 10.5 Å². The number of nitrogens with one attached hydrogen (secondary N) is 1. The maximum absolute atomic E-state index is 13.4. The van der Waals surface area contributed by atoms with Crippen LogP contribution in [0.1, 0.15) is 11.1 Å². The van der Waals surface area contributed by atoms with Gasteiger partial charge in [0.15, 0.2) is 0 Å². The van der Waals surface area contributed by atoms with E-state index in [-0.39, 0.29) is 28.4 Å². The summed E-state index contributed by atoms with van der Waals surface area (Å²) in [5.41, 5.74) is 1.89. The Balaban J connectivity index is 1.67. The van der Waals surface area contributed by atoms with Gasteiger partial charge in [0.1, 0.15) is 11.9 Å². The summed E-state index contributed by atoms with van der Waals surface area (Å²) in [6.45, 7) is -0.0294. The molecule has 11 heteroatoms. The molecule has 0 fully saturated rings. The molecular formula is C22H20FN3O5S2. The summed E-state index contributed by atoms with van der Waals surface area (Å²) in [6, 6.07) is 15.8. The van der Waals surface area contributed by atoms with Crippen molar-refractivity contribution in [3.05, 3.63) is 89.7 Å². The Hall–Kier alpha value is -3.12. The van der Waals surface area contributed by atoms with Crippen LogP contribution in [0.5, 0.6) is 0 Å². The molecule has 33 heavy (non-hydrogen) atoms. The molecule has 0 radical (unpaired) electrons. The van der Waals surface area contributed by atoms with Crippen LogP contribution in [0, 0.1) is 5.82 Å². The molecule has 0 bridgehead atoms. The monoisotopic (exact) mass is 489 g/mol. The highest BCUT2D eigenvalue weighted by Gasteiger charge is 2.39. The second kappa shape index (κ2) is 8.67. The lowest BCUT2D eigenvalue weighted by Crippen LogP contribution is -2.50. The Morgan fingerprint density at radius 1 is 0.879 bits per heavy atom. The van der Waals surface area contributed by atoms with Crippen molar-refractivity contribution in [3.8, 4) is 0 Å². The van der Waals surface area contributed by atoms with E-state index in [4.69, 9.17) is 5.14 Å². The molecule has 1 atom stereocenters. The molecule has 3 aromatic rings. The molecule has 8 nitrogen and oxygen atoms in total. The topological polar surface area (TPSA) is 127 Å². The predicted octanol–water partition coefficient (Wildman–Crippen LogP) is 2.23. The van der Waals surface area contributed by atoms with Gasteiger partial charge in [-0.3, -0.25) is 4.79 Å². The summed E-state index contributed by atoms with van der Waals surface area (Å²) >= 11 is 0. The number of primary sulfonamides is 1. The highest BCUT2D eigenvalue weighted by Crippen LogP contribution is 2.30. The molecule has 3 aromatic carbocycles. The molecule has 0 saturated heterocycles. The second-order valence-corrected chi connectivity index (χ2v) is 11.0. The van der Waals surface area contributed by atoms with Crippen molar-refractivity contribution in [2.45, 2.75) is 28.8 Å². The first kappa shape index (κ1) is 23.1. The second-order valence-electron chi connectivity index (χ2n) is 7.55. The Morgan fingerprint density at radius 2 is 1.45 bits per heavy atom. The highest BCUT2D eigenvalue weighted by atomic mass is 32.2. The maximum Gasteiger partial charge on any atom is 0.244 e. The number of nitrogens with two attached hydrogens (primary N) is 1. The number of carbonyl (C=O) groups is 1. The Labute approximate surface area is 190 Å². The first-order chi connectivity index (χ1) is 15.6. The third-order valence-electron chi connectivity index (χ3n) is 5.38. The van der Waals surface area contributed by atoms with Crippen LogP contribution >= 0.6 is 0 Å². The zero-order valence-corrected chi connectivity index (χ0v) is 18.8. The van der Waals surface area contributed by atoms with Gasteiger partial charge < -0.3 is 5.32 Å². The number of anilines is 1. The molecule has 1 amide bonds. The number of nitrogens with zero attached hydrogens (tertiary/aromatic N) is 1. The van der Waals surface area contributed by atoms with E-state index in [1.54, 1.807) is 12.1 Å². The number of fused-ring (bicyclic) bond motifs is 1. The quantitative estimate of drug-likeness (QED) is 0.568. The average Bonchev–Trinajstić information content (AvgIpc) is 2.78. The van der Waals surface area contributed by atoms with Crippen LogP contribution in [-0.4, -0.2) is 33.1 Å². The van der Waals surface area contributed by atoms with Crippen LogP contribution in [0.15, 0.2) is 82.6 Å². The zero-order valence-electron chi connectivity index (χ0n) is 17.2. The molecule has 0 aromatic heterocycles. The third-order valence-corrected chi connectivity index (χ3v) is 8.18. The van der Waals surface area contributed by atoms with Crippen LogP contribution in [0.2, 0.25) is 0 Å². The molecule has 172 valence electrons. The van der Waals surface area contributed by atoms with Crippen molar-refractivity contribution < 1.29 is 26.0 Å². The maximum atomic E-state index is 13.4. The standard InChI is InChI=1S/C22H20FN3O5S2/c23-17-5-9-20(10-6-17)33(30,31)26-14-16-4-2-1-3-15(16)13-21(26)22(27)25-18-7-11-19(12-8-18)32(24,28)29/h1-12,21H,13-14H2,(H,25,27)(H2,24,28,29)/t21-/m1/s1. The van der Waals surface area contributed by atoms with Gasteiger partial charge in [-0.2, -0.15) is 4.31 Å². The van der Waals surface area contributed by atoms with Gasteiger partial charge in [-0.25, -0.2) is 26.4 Å². The number of benzene rings is 3. The zero-order chi connectivity index (χ0) is 23.8. The smallest absolute Gasteiger partial charge is 0.244 e. The largest absolute Gasteiger partial charge is 0.325 e. The molecule has 1 aliphatic heterocycles. The van der Waals surface area contributed by atoms with E-state index >= 15 is 0 Å². The number of rotatable bonds is 5. The van der Waals surface area contributed by atoms with Gasteiger partial charge in [0.25, 0.3) is 0 Å². The minimum absolute atomic E-state index is 0.0294. The van der Waals surface area contributed by atoms with E-state index < -0.39 is 37.8 Å². The lowest BCUT2D eigenvalue weighted by molar-refractivity contribution is -0.120. The molecule has 3 N–H and O–H groups in total. The summed E-state index contributed by atoms with van der Waals surface area (Å²) < 4.78 is 64.1. The van der Waals surface area contributed by atoms with Crippen LogP contribution in [0.3, 0.4) is 0 Å². The normalized spacial score (nSPS) is 16.7. The van der Waals surface area contributed by atoms with Crippen LogP contribution in [-0.2, 0) is 37.8 Å². The molecule has 0 aliphatic carbocycles. The van der Waals surface area contributed by atoms with E-state index in [0.717, 1.165) is 39.7 Å². The van der Waals surface area contributed by atoms with Gasteiger partial charge >= 0.3 is 0 Å². The number of halogens is 1. The van der Waals surface area contributed by atoms with Crippen molar-refractivity contribution in [2.24, 2.45) is 5.14 Å². The number of hydrogen-bond acceptors (Lipinski definition) is 5. The lowest BCUT2D eigenvalue weighted by atomic mass is 9.95. The van der Waals surface area contributed by atoms with Crippen molar-refractivity contribution in [3.63, 3.8) is 0 Å². The number of amides is 1. The molecule has 1 aliphatic rings. The van der Waals surface area contributed by atoms with E-state index in [1.165, 1.54) is 24.3 Å². The number of hydrogen-bond donors (Lipinski definition) is 2. The van der Waals surface area contributed by atoms with Crippen molar-refractivity contribution in [1.29, 1.82) is 0 Å². The van der Waals surface area contributed by atoms with Crippen LogP contribution in [0.4, 0.5) is 10.1 Å². The summed E-state index contributed by atoms with van der Waals surface area (Å²) in [5.74, 6) is -1.16. The fourth-order valence-corrected chi connectivity index (χ4v) is 5.75. The van der Waals surface area contributed by atoms with Crippen molar-refractivity contribution >= 4 is 31.6 Å². The molecule has 1 heterocycles. The molecule has 0 saturated carbocycles. The fraction of sp³-hybridized carbons (Fsp3) is 0.136. The van der Waals surface area contributed by atoms with Gasteiger partial charge in [-0.15, -0.1) is 0 Å². The van der Waals surface area contributed by atoms with Gasteiger partial charge in [0, 0.05) is 12.2 Å². The molecule has 0 unspecified atom stereocenters. The molecule has 0 spiro atoms. The van der Waals surface area contributed by atoms with Gasteiger partial charge in [-0.1, -0.05) is 24.3 Å². The summed E-state index contributed by atoms with van der Waals surface area (Å²) in [4.78, 5) is 12.9. The van der Waals surface area contributed by atoms with E-state index in [9.17, 15) is 26.0 Å². The van der Waals surface area contributed by atoms with Gasteiger partial charge in [0.2, 0.25) is 26.0 Å². The third kappa shape index (κ3) is 4.81. The number of carbonyl (C=O) groups excluding carboxylic acids is 1. The van der Waals surface area contributed by atoms with Crippen molar-refractivity contribution in [2.75, 3.05) is 5.32 Å². The fourth-order valence-electron chi connectivity index (χ4n) is 3.67. The van der Waals surface area contributed by atoms with Crippen molar-refractivity contribution in [1.82, 2.24) is 4.31 Å². The van der Waals surface area contributed by atoms with Crippen LogP contribution in [0.25, 0.3) is 0 Å². The Morgan fingerprint density at radius 3 is 2.06 bits per heavy atom. The Kier molecular flexibility index (Phi) is 6.06. The molecular weight excluding hydrogens is 469 g/mol. The van der Waals surface area contributed by atoms with E-state index in [0.29, 0.717) is 0 Å². The predicted molar refractivity (Wildman–Crippen MR) is 120 cm³/mol. The minimum atomic E-state index is -4.12. The summed E-state index contributed by atoms with van der Waals surface area (Å²) in [6.07, 6.45) is 0.137. The summed E-state index contributed by atoms with van der Waals surface area (Å²) in [7, 11) is -8.01. The first-order valence-corrected chi connectivity index (χ1v) is 12.8. The average molecular weight is 490 g/mol. The first-order valence-electron chi connectivity index (χ1n) is 9.83.